The van der Waals surface area contributed by atoms with Crippen LogP contribution in [0.2, 0.25) is 0 Å². The van der Waals surface area contributed by atoms with Crippen LogP contribution in [0, 0.1) is 0 Å². The highest BCUT2D eigenvalue weighted by Gasteiger charge is 2.19. The van der Waals surface area contributed by atoms with Crippen LogP contribution in [0.25, 0.3) is 0 Å². The fourth-order valence-electron chi connectivity index (χ4n) is 1.58. The van der Waals surface area contributed by atoms with Crippen molar-refractivity contribution in [3.8, 4) is 0 Å². The van der Waals surface area contributed by atoms with E-state index in [2.05, 4.69) is 10.3 Å². The number of aryl methyl sites for hydroxylation is 1. The van der Waals surface area contributed by atoms with Crippen LogP contribution >= 0.6 is 0 Å². The van der Waals surface area contributed by atoms with E-state index in [0.29, 0.717) is 25.5 Å². The van der Waals surface area contributed by atoms with E-state index in [1.165, 1.54) is 0 Å². The molecule has 2 N–H and O–H groups in total. The van der Waals surface area contributed by atoms with Gasteiger partial charge in [-0.15, -0.1) is 5.10 Å². The smallest absolute Gasteiger partial charge is 0.360 e. The van der Waals surface area contributed by atoms with Gasteiger partial charge in [0.15, 0.2) is 5.69 Å². The number of hydrogen-bond donors (Lipinski definition) is 1. The molecule has 1 aromatic rings. The second-order valence-electron chi connectivity index (χ2n) is 3.73. The Morgan fingerprint density at radius 2 is 2.22 bits per heavy atom. The Morgan fingerprint density at radius 1 is 1.44 bits per heavy atom. The van der Waals surface area contributed by atoms with Crippen LogP contribution in [0.4, 0.5) is 0 Å². The van der Waals surface area contributed by atoms with Crippen LogP contribution in [0.15, 0.2) is 0 Å². The molecule has 0 radical (unpaired) electrons. The monoisotopic (exact) mass is 256 g/mol. The molecular formula is C11H20N4O3. The maximum atomic E-state index is 11.6. The summed E-state index contributed by atoms with van der Waals surface area (Å²) in [5.74, 6) is -0.471. The summed E-state index contributed by atoms with van der Waals surface area (Å²) in [5.41, 5.74) is 6.46. The van der Waals surface area contributed by atoms with E-state index < -0.39 is 5.97 Å². The minimum Gasteiger partial charge on any atom is -0.461 e. The van der Waals surface area contributed by atoms with Gasteiger partial charge in [-0.3, -0.25) is 0 Å². The Bertz CT molecular complexity index is 378. The van der Waals surface area contributed by atoms with Crippen LogP contribution in [-0.4, -0.2) is 41.3 Å². The molecule has 0 unspecified atom stereocenters. The van der Waals surface area contributed by atoms with Gasteiger partial charge >= 0.3 is 5.97 Å². The fraction of sp³-hybridized carbons (Fsp3) is 0.727. The van der Waals surface area contributed by atoms with Crippen molar-refractivity contribution in [2.45, 2.75) is 32.9 Å². The molecule has 0 saturated heterocycles. The van der Waals surface area contributed by atoms with Gasteiger partial charge in [0.2, 0.25) is 0 Å². The molecule has 0 bridgehead atoms. The van der Waals surface area contributed by atoms with Crippen LogP contribution in [0.3, 0.4) is 0 Å². The molecule has 0 saturated carbocycles. The summed E-state index contributed by atoms with van der Waals surface area (Å²) < 4.78 is 11.5. The summed E-state index contributed by atoms with van der Waals surface area (Å²) in [6.07, 6.45) is 1.82. The molecule has 7 nitrogen and oxygen atoms in total. The van der Waals surface area contributed by atoms with Crippen molar-refractivity contribution in [3.05, 3.63) is 11.4 Å². The first-order valence-electron chi connectivity index (χ1n) is 6.03. The Kier molecular flexibility index (Phi) is 6.31. The minimum atomic E-state index is -0.471. The largest absolute Gasteiger partial charge is 0.461 e. The van der Waals surface area contributed by atoms with Crippen molar-refractivity contribution in [1.82, 2.24) is 15.0 Å². The van der Waals surface area contributed by atoms with E-state index in [-0.39, 0.29) is 12.2 Å². The summed E-state index contributed by atoms with van der Waals surface area (Å²) in [5, 5.41) is 7.76. The summed E-state index contributed by atoms with van der Waals surface area (Å²) in [6.45, 7) is 3.64. The van der Waals surface area contributed by atoms with Crippen LogP contribution in [0.5, 0.6) is 0 Å². The molecule has 0 fully saturated rings. The Hall–Kier alpha value is -1.47. The van der Waals surface area contributed by atoms with Crippen molar-refractivity contribution >= 4 is 5.97 Å². The molecule has 0 aromatic carbocycles. The average Bonchev–Trinajstić information content (AvgIpc) is 2.78. The van der Waals surface area contributed by atoms with Gasteiger partial charge in [0, 0.05) is 26.8 Å². The second kappa shape index (κ2) is 7.78. The number of carbonyl (C=O) groups is 1. The fourth-order valence-corrected chi connectivity index (χ4v) is 1.58. The second-order valence-corrected chi connectivity index (χ2v) is 3.73. The SMILES string of the molecule is CCOC(=O)c1nnn(CCCCOC)c1CN. The zero-order valence-electron chi connectivity index (χ0n) is 10.9. The molecular weight excluding hydrogens is 236 g/mol. The number of unbranched alkanes of at least 4 members (excludes halogenated alkanes) is 1. The molecule has 1 heterocycles. The number of aromatic nitrogens is 3. The maximum Gasteiger partial charge on any atom is 0.360 e. The van der Waals surface area contributed by atoms with Crippen LogP contribution < -0.4 is 5.73 Å². The zero-order chi connectivity index (χ0) is 13.4. The number of methoxy groups -OCH3 is 1. The van der Waals surface area contributed by atoms with Crippen LogP contribution in [-0.2, 0) is 22.6 Å². The number of carbonyl (C=O) groups excluding carboxylic acids is 1. The third-order valence-corrected chi connectivity index (χ3v) is 2.47. The topological polar surface area (TPSA) is 92.3 Å². The molecule has 0 aliphatic rings. The molecule has 0 aliphatic carbocycles. The van der Waals surface area contributed by atoms with Gasteiger partial charge in [-0.25, -0.2) is 9.48 Å². The first kappa shape index (κ1) is 14.6. The highest BCUT2D eigenvalue weighted by Crippen LogP contribution is 2.08. The highest BCUT2D eigenvalue weighted by atomic mass is 16.5. The minimum absolute atomic E-state index is 0.214. The van der Waals surface area contributed by atoms with Gasteiger partial charge in [-0.05, 0) is 19.8 Å². The van der Waals surface area contributed by atoms with Gasteiger partial charge in [0.25, 0.3) is 0 Å². The van der Waals surface area contributed by atoms with E-state index in [0.717, 1.165) is 12.8 Å². The van der Waals surface area contributed by atoms with E-state index >= 15 is 0 Å². The lowest BCUT2D eigenvalue weighted by Crippen LogP contribution is -2.14. The number of hydrogen-bond acceptors (Lipinski definition) is 6. The summed E-state index contributed by atoms with van der Waals surface area (Å²) in [7, 11) is 1.67. The van der Waals surface area contributed by atoms with Crippen molar-refractivity contribution in [2.24, 2.45) is 5.73 Å². The average molecular weight is 256 g/mol. The Balaban J connectivity index is 2.66. The number of nitrogens with zero attached hydrogens (tertiary/aromatic N) is 3. The Morgan fingerprint density at radius 3 is 2.83 bits per heavy atom. The number of esters is 1. The van der Waals surface area contributed by atoms with Crippen molar-refractivity contribution in [2.75, 3.05) is 20.3 Å². The number of ether oxygens (including phenoxy) is 2. The van der Waals surface area contributed by atoms with Gasteiger partial charge in [0.1, 0.15) is 0 Å². The molecule has 0 spiro atoms. The lowest BCUT2D eigenvalue weighted by Gasteiger charge is -2.05. The third-order valence-electron chi connectivity index (χ3n) is 2.47. The van der Waals surface area contributed by atoms with Gasteiger partial charge < -0.3 is 15.2 Å². The van der Waals surface area contributed by atoms with Crippen LogP contribution in [0.1, 0.15) is 35.9 Å². The quantitative estimate of drug-likeness (QED) is 0.532. The predicted octanol–water partition coefficient (Wildman–Crippen LogP) is 0.340. The molecule has 0 atom stereocenters. The van der Waals surface area contributed by atoms with E-state index in [1.54, 1.807) is 18.7 Å². The zero-order valence-corrected chi connectivity index (χ0v) is 10.9. The first-order chi connectivity index (χ1) is 8.74. The molecule has 0 aliphatic heterocycles. The highest BCUT2D eigenvalue weighted by molar-refractivity contribution is 5.88. The summed E-state index contributed by atoms with van der Waals surface area (Å²) in [6, 6.07) is 0. The molecule has 18 heavy (non-hydrogen) atoms. The molecule has 102 valence electrons. The number of rotatable bonds is 8. The lowest BCUT2D eigenvalue weighted by molar-refractivity contribution is 0.0518. The third kappa shape index (κ3) is 3.78. The molecule has 0 amide bonds. The normalized spacial score (nSPS) is 10.6. The summed E-state index contributed by atoms with van der Waals surface area (Å²) in [4.78, 5) is 11.6. The molecule has 7 heteroatoms. The lowest BCUT2D eigenvalue weighted by atomic mass is 10.3. The van der Waals surface area contributed by atoms with E-state index in [9.17, 15) is 4.79 Å². The molecule has 1 rings (SSSR count). The van der Waals surface area contributed by atoms with Gasteiger partial charge in [-0.2, -0.15) is 0 Å². The Labute approximate surface area is 106 Å². The predicted molar refractivity (Wildman–Crippen MR) is 65.0 cm³/mol. The van der Waals surface area contributed by atoms with E-state index in [4.69, 9.17) is 15.2 Å². The van der Waals surface area contributed by atoms with Gasteiger partial charge in [0.05, 0.1) is 12.3 Å². The molecule has 1 aromatic heterocycles. The van der Waals surface area contributed by atoms with E-state index in [1.807, 2.05) is 0 Å². The van der Waals surface area contributed by atoms with Crippen molar-refractivity contribution < 1.29 is 14.3 Å². The maximum absolute atomic E-state index is 11.6. The van der Waals surface area contributed by atoms with Gasteiger partial charge in [-0.1, -0.05) is 5.21 Å². The number of nitrogens with two attached hydrogens (primary N) is 1. The van der Waals surface area contributed by atoms with Crippen molar-refractivity contribution in [1.29, 1.82) is 0 Å². The van der Waals surface area contributed by atoms with Crippen molar-refractivity contribution in [3.63, 3.8) is 0 Å². The first-order valence-corrected chi connectivity index (χ1v) is 6.03. The summed E-state index contributed by atoms with van der Waals surface area (Å²) >= 11 is 0. The standard InChI is InChI=1S/C11H20N4O3/c1-3-18-11(16)10-9(8-12)15(14-13-10)6-4-5-7-17-2/h3-8,12H2,1-2H3.